The van der Waals surface area contributed by atoms with Crippen LogP contribution in [0.15, 0.2) is 60.8 Å². The van der Waals surface area contributed by atoms with Crippen molar-refractivity contribution in [1.82, 2.24) is 9.97 Å². The van der Waals surface area contributed by atoms with Crippen molar-refractivity contribution in [1.29, 1.82) is 0 Å². The highest BCUT2D eigenvalue weighted by atomic mass is 19.1. The average Bonchev–Trinajstić information content (AvgIpc) is 2.83. The topological polar surface area (TPSA) is 83.4 Å². The Balaban J connectivity index is 1.74. The number of carbonyl (C=O) groups is 2. The van der Waals surface area contributed by atoms with E-state index in [4.69, 9.17) is 0 Å². The predicted octanol–water partition coefficient (Wildman–Crippen LogP) is 5.11. The lowest BCUT2D eigenvalue weighted by atomic mass is 9.97. The third-order valence-corrected chi connectivity index (χ3v) is 5.91. The van der Waals surface area contributed by atoms with E-state index in [9.17, 15) is 23.5 Å². The number of anilines is 1. The van der Waals surface area contributed by atoms with Gasteiger partial charge in [-0.3, -0.25) is 9.78 Å². The lowest BCUT2D eigenvalue weighted by Gasteiger charge is -2.31. The number of Topliss-reactive ketones (excluding diaryl/α,β-unsaturated/α-hetero) is 1. The minimum absolute atomic E-state index is 0.0746. The summed E-state index contributed by atoms with van der Waals surface area (Å²) >= 11 is 0. The van der Waals surface area contributed by atoms with Crippen LogP contribution in [0.1, 0.15) is 23.3 Å². The Labute approximate surface area is 193 Å². The van der Waals surface area contributed by atoms with Gasteiger partial charge in [0, 0.05) is 54.7 Å². The molecule has 0 radical (unpaired) electrons. The number of carbonyl (C=O) groups excluding carboxylic acids is 1. The zero-order chi connectivity index (χ0) is 23.8. The number of carboxylic acids is 1. The van der Waals surface area contributed by atoms with Gasteiger partial charge in [-0.05, 0) is 42.0 Å². The van der Waals surface area contributed by atoms with Crippen LogP contribution < -0.4 is 4.90 Å². The molecule has 1 saturated heterocycles. The Morgan fingerprint density at radius 3 is 2.38 bits per heavy atom. The molecule has 2 aromatic carbocycles. The average molecular weight is 459 g/mol. The van der Waals surface area contributed by atoms with Crippen molar-refractivity contribution in [2.45, 2.75) is 12.8 Å². The molecule has 1 aliphatic rings. The van der Waals surface area contributed by atoms with Gasteiger partial charge >= 0.3 is 5.97 Å². The number of pyridine rings is 2. The number of aromatic nitrogens is 2. The molecule has 2 aromatic heterocycles. The monoisotopic (exact) mass is 459 g/mol. The van der Waals surface area contributed by atoms with Crippen LogP contribution in [0.25, 0.3) is 33.3 Å². The van der Waals surface area contributed by atoms with E-state index in [1.807, 2.05) is 11.0 Å². The van der Waals surface area contributed by atoms with Crippen molar-refractivity contribution in [3.8, 4) is 22.4 Å². The fraction of sp³-hybridized carbons (Fsp3) is 0.154. The van der Waals surface area contributed by atoms with Gasteiger partial charge in [-0.2, -0.15) is 0 Å². The van der Waals surface area contributed by atoms with Gasteiger partial charge in [-0.15, -0.1) is 0 Å². The van der Waals surface area contributed by atoms with Gasteiger partial charge in [0.1, 0.15) is 23.1 Å². The molecule has 3 heterocycles. The molecule has 1 N–H and O–H groups in total. The summed E-state index contributed by atoms with van der Waals surface area (Å²) in [7, 11) is 0. The highest BCUT2D eigenvalue weighted by molar-refractivity contribution is 6.02. The van der Waals surface area contributed by atoms with Gasteiger partial charge < -0.3 is 10.0 Å². The molecule has 8 heteroatoms. The van der Waals surface area contributed by atoms with Crippen molar-refractivity contribution in [2.24, 2.45) is 0 Å². The molecule has 0 atom stereocenters. The van der Waals surface area contributed by atoms with Crippen molar-refractivity contribution in [3.63, 3.8) is 0 Å². The van der Waals surface area contributed by atoms with E-state index in [0.29, 0.717) is 53.8 Å². The van der Waals surface area contributed by atoms with Crippen molar-refractivity contribution >= 4 is 28.3 Å². The summed E-state index contributed by atoms with van der Waals surface area (Å²) in [5.41, 5.74) is 3.34. The maximum absolute atomic E-state index is 14.1. The molecule has 34 heavy (non-hydrogen) atoms. The zero-order valence-corrected chi connectivity index (χ0v) is 18.0. The number of halogens is 2. The molecule has 4 aromatic rings. The first-order valence-corrected chi connectivity index (χ1v) is 10.8. The number of rotatable bonds is 4. The summed E-state index contributed by atoms with van der Waals surface area (Å²) in [4.78, 5) is 34.0. The summed E-state index contributed by atoms with van der Waals surface area (Å²) in [5.74, 6) is -2.35. The minimum atomic E-state index is -1.13. The summed E-state index contributed by atoms with van der Waals surface area (Å²) in [5, 5.41) is 10.0. The third kappa shape index (κ3) is 4.10. The first-order chi connectivity index (χ1) is 16.4. The summed E-state index contributed by atoms with van der Waals surface area (Å²) in [6.07, 6.45) is 2.34. The molecule has 0 unspecified atom stereocenters. The minimum Gasteiger partial charge on any atom is -0.477 e. The molecule has 6 nitrogen and oxygen atoms in total. The Bertz CT molecular complexity index is 1420. The molecule has 0 saturated carbocycles. The third-order valence-electron chi connectivity index (χ3n) is 5.91. The molecule has 0 spiro atoms. The van der Waals surface area contributed by atoms with Crippen LogP contribution in [0.5, 0.6) is 0 Å². The highest BCUT2D eigenvalue weighted by Crippen LogP contribution is 2.39. The molecular weight excluding hydrogens is 440 g/mol. The first kappa shape index (κ1) is 21.6. The van der Waals surface area contributed by atoms with Gasteiger partial charge in [-0.25, -0.2) is 18.6 Å². The van der Waals surface area contributed by atoms with Crippen LogP contribution in [0, 0.1) is 11.6 Å². The number of benzene rings is 2. The van der Waals surface area contributed by atoms with E-state index in [-0.39, 0.29) is 11.5 Å². The Morgan fingerprint density at radius 1 is 0.941 bits per heavy atom. The van der Waals surface area contributed by atoms with Crippen LogP contribution >= 0.6 is 0 Å². The van der Waals surface area contributed by atoms with Crippen LogP contribution in [0.2, 0.25) is 0 Å². The Kier molecular flexibility index (Phi) is 5.49. The molecule has 1 fully saturated rings. The normalized spacial score (nSPS) is 13.9. The Hall–Kier alpha value is -4.20. The maximum Gasteiger partial charge on any atom is 0.354 e. The standard InChI is InChI=1S/C26H19F2N3O3/c27-17-10-16(11-18(28)13-17)21-14-29-23-5-4-15(22-2-1-3-24(30-22)26(33)34)12-20(23)25(21)31-8-6-19(32)7-9-31/h1-5,10-14H,6-9H2,(H,33,34). The quantitative estimate of drug-likeness (QED) is 0.457. The van der Waals surface area contributed by atoms with Gasteiger partial charge in [0.15, 0.2) is 0 Å². The summed E-state index contributed by atoms with van der Waals surface area (Å²) in [6.45, 7) is 0.944. The number of hydrogen-bond donors (Lipinski definition) is 1. The van der Waals surface area contributed by atoms with E-state index < -0.39 is 17.6 Å². The lowest BCUT2D eigenvalue weighted by Crippen LogP contribution is -2.34. The van der Waals surface area contributed by atoms with E-state index in [1.54, 1.807) is 30.5 Å². The molecular formula is C26H19F2N3O3. The van der Waals surface area contributed by atoms with Crippen molar-refractivity contribution in [3.05, 3.63) is 78.1 Å². The van der Waals surface area contributed by atoms with Crippen LogP contribution in [-0.4, -0.2) is 39.9 Å². The van der Waals surface area contributed by atoms with Crippen LogP contribution in [0.4, 0.5) is 14.5 Å². The zero-order valence-electron chi connectivity index (χ0n) is 18.0. The Morgan fingerprint density at radius 2 is 1.68 bits per heavy atom. The number of ketones is 1. The SMILES string of the molecule is O=C1CCN(c2c(-c3cc(F)cc(F)c3)cnc3ccc(-c4cccc(C(=O)O)n4)cc23)CC1. The number of piperidine rings is 1. The second-order valence-corrected chi connectivity index (χ2v) is 8.15. The van der Waals surface area contributed by atoms with Gasteiger partial charge in [0.05, 0.1) is 16.9 Å². The highest BCUT2D eigenvalue weighted by Gasteiger charge is 2.23. The largest absolute Gasteiger partial charge is 0.477 e. The predicted molar refractivity (Wildman–Crippen MR) is 124 cm³/mol. The van der Waals surface area contributed by atoms with E-state index in [0.717, 1.165) is 17.1 Å². The lowest BCUT2D eigenvalue weighted by molar-refractivity contribution is -0.119. The summed E-state index contributed by atoms with van der Waals surface area (Å²) in [6, 6.07) is 13.5. The van der Waals surface area contributed by atoms with Gasteiger partial charge in [0.25, 0.3) is 0 Å². The maximum atomic E-state index is 14.1. The van der Waals surface area contributed by atoms with Gasteiger partial charge in [-0.1, -0.05) is 12.1 Å². The summed E-state index contributed by atoms with van der Waals surface area (Å²) < 4.78 is 28.1. The molecule has 0 bridgehead atoms. The van der Waals surface area contributed by atoms with E-state index >= 15 is 0 Å². The number of carboxylic acid groups (broad SMARTS) is 1. The molecule has 0 amide bonds. The number of hydrogen-bond acceptors (Lipinski definition) is 5. The number of aromatic carboxylic acids is 1. The van der Waals surface area contributed by atoms with Crippen LogP contribution in [0.3, 0.4) is 0 Å². The number of fused-ring (bicyclic) bond motifs is 1. The van der Waals surface area contributed by atoms with Crippen molar-refractivity contribution < 1.29 is 23.5 Å². The smallest absolute Gasteiger partial charge is 0.354 e. The molecule has 170 valence electrons. The second kappa shape index (κ2) is 8.62. The molecule has 1 aliphatic heterocycles. The number of nitrogens with zero attached hydrogens (tertiary/aromatic N) is 3. The van der Waals surface area contributed by atoms with Gasteiger partial charge in [0.2, 0.25) is 0 Å². The van der Waals surface area contributed by atoms with Crippen LogP contribution in [-0.2, 0) is 4.79 Å². The molecule has 5 rings (SSSR count). The van der Waals surface area contributed by atoms with E-state index in [1.165, 1.54) is 18.2 Å². The molecule has 0 aliphatic carbocycles. The fourth-order valence-electron chi connectivity index (χ4n) is 4.29. The first-order valence-electron chi connectivity index (χ1n) is 10.8. The van der Waals surface area contributed by atoms with Crippen molar-refractivity contribution in [2.75, 3.05) is 18.0 Å². The van der Waals surface area contributed by atoms with E-state index in [2.05, 4.69) is 9.97 Å². The second-order valence-electron chi connectivity index (χ2n) is 8.15. The fourth-order valence-corrected chi connectivity index (χ4v) is 4.29.